The molecular formula is C11H11ClFN3. The minimum absolute atomic E-state index is 0.287. The first-order valence-electron chi connectivity index (χ1n) is 4.84. The third-order valence-corrected chi connectivity index (χ3v) is 2.65. The van der Waals surface area contributed by atoms with Crippen molar-refractivity contribution in [2.24, 2.45) is 5.73 Å². The van der Waals surface area contributed by atoms with Crippen molar-refractivity contribution >= 4 is 11.6 Å². The summed E-state index contributed by atoms with van der Waals surface area (Å²) < 4.78 is 14.7. The molecule has 0 amide bonds. The Morgan fingerprint density at radius 2 is 2.31 bits per heavy atom. The van der Waals surface area contributed by atoms with E-state index >= 15 is 0 Å². The Bertz CT molecular complexity index is 484. The van der Waals surface area contributed by atoms with E-state index in [0.29, 0.717) is 11.8 Å². The van der Waals surface area contributed by atoms with E-state index in [1.807, 2.05) is 0 Å². The van der Waals surface area contributed by atoms with E-state index in [1.54, 1.807) is 29.1 Å². The molecule has 0 radical (unpaired) electrons. The van der Waals surface area contributed by atoms with Crippen LogP contribution in [-0.2, 0) is 6.54 Å². The van der Waals surface area contributed by atoms with Crippen LogP contribution in [0.1, 0.15) is 11.6 Å². The predicted octanol–water partition coefficient (Wildman–Crippen LogP) is 2.38. The van der Waals surface area contributed by atoms with Gasteiger partial charge in [-0.25, -0.2) is 9.37 Å². The van der Waals surface area contributed by atoms with Crippen LogP contribution in [0.2, 0.25) is 5.28 Å². The Labute approximate surface area is 97.7 Å². The second-order valence-electron chi connectivity index (χ2n) is 3.51. The molecule has 1 unspecified atom stereocenters. The Balaban J connectivity index is 2.14. The van der Waals surface area contributed by atoms with Crippen molar-refractivity contribution in [1.82, 2.24) is 9.55 Å². The fourth-order valence-electron chi connectivity index (χ4n) is 1.50. The van der Waals surface area contributed by atoms with Gasteiger partial charge in [0, 0.05) is 25.0 Å². The van der Waals surface area contributed by atoms with E-state index in [4.69, 9.17) is 17.3 Å². The molecule has 0 spiro atoms. The first-order valence-corrected chi connectivity index (χ1v) is 5.22. The van der Waals surface area contributed by atoms with E-state index in [1.165, 1.54) is 12.1 Å². The lowest BCUT2D eigenvalue weighted by atomic mass is 10.1. The van der Waals surface area contributed by atoms with Crippen LogP contribution in [0.15, 0.2) is 36.7 Å². The largest absolute Gasteiger partial charge is 0.322 e. The second kappa shape index (κ2) is 4.63. The molecule has 3 nitrogen and oxygen atoms in total. The molecule has 16 heavy (non-hydrogen) atoms. The summed E-state index contributed by atoms with van der Waals surface area (Å²) in [6.07, 6.45) is 3.34. The molecule has 0 aliphatic heterocycles. The van der Waals surface area contributed by atoms with Gasteiger partial charge < -0.3 is 10.3 Å². The number of hydrogen-bond acceptors (Lipinski definition) is 2. The third-order valence-electron chi connectivity index (χ3n) is 2.33. The lowest BCUT2D eigenvalue weighted by molar-refractivity contribution is 0.568. The van der Waals surface area contributed by atoms with E-state index in [2.05, 4.69) is 4.98 Å². The maximum atomic E-state index is 13.0. The van der Waals surface area contributed by atoms with Gasteiger partial charge in [-0.1, -0.05) is 12.1 Å². The lowest BCUT2D eigenvalue weighted by Gasteiger charge is -2.13. The highest BCUT2D eigenvalue weighted by Gasteiger charge is 2.09. The molecule has 1 atom stereocenters. The second-order valence-corrected chi connectivity index (χ2v) is 3.85. The molecule has 1 aromatic carbocycles. The van der Waals surface area contributed by atoms with Crippen molar-refractivity contribution in [3.05, 3.63) is 53.3 Å². The van der Waals surface area contributed by atoms with Gasteiger partial charge >= 0.3 is 0 Å². The summed E-state index contributed by atoms with van der Waals surface area (Å²) in [5, 5.41) is 0.381. The number of benzene rings is 1. The summed E-state index contributed by atoms with van der Waals surface area (Å²) in [4.78, 5) is 3.88. The van der Waals surface area contributed by atoms with Gasteiger partial charge in [-0.2, -0.15) is 0 Å². The average molecular weight is 240 g/mol. The minimum atomic E-state index is -0.303. The number of hydrogen-bond donors (Lipinski definition) is 1. The number of imidazole rings is 1. The quantitative estimate of drug-likeness (QED) is 0.894. The molecule has 0 saturated heterocycles. The van der Waals surface area contributed by atoms with Gasteiger partial charge in [0.2, 0.25) is 5.28 Å². The van der Waals surface area contributed by atoms with Crippen molar-refractivity contribution in [1.29, 1.82) is 0 Å². The van der Waals surface area contributed by atoms with Gasteiger partial charge in [-0.3, -0.25) is 0 Å². The molecular weight excluding hydrogens is 229 g/mol. The highest BCUT2D eigenvalue weighted by molar-refractivity contribution is 6.28. The van der Waals surface area contributed by atoms with Crippen molar-refractivity contribution in [2.75, 3.05) is 0 Å². The summed E-state index contributed by atoms with van der Waals surface area (Å²) in [5.41, 5.74) is 6.69. The zero-order valence-corrected chi connectivity index (χ0v) is 9.23. The first-order chi connectivity index (χ1) is 7.66. The molecule has 0 aliphatic rings. The molecule has 2 N–H and O–H groups in total. The topological polar surface area (TPSA) is 43.8 Å². The Kier molecular flexibility index (Phi) is 3.22. The van der Waals surface area contributed by atoms with Crippen LogP contribution < -0.4 is 5.73 Å². The SMILES string of the molecule is NC(Cn1ccnc1Cl)c1cccc(F)c1. The standard InChI is InChI=1S/C11H11ClFN3/c12-11-15-4-5-16(11)7-10(14)8-2-1-3-9(13)6-8/h1-6,10H,7,14H2. The molecule has 0 bridgehead atoms. The average Bonchev–Trinajstić information content (AvgIpc) is 2.64. The van der Waals surface area contributed by atoms with Crippen LogP contribution in [-0.4, -0.2) is 9.55 Å². The van der Waals surface area contributed by atoms with Crippen molar-refractivity contribution in [2.45, 2.75) is 12.6 Å². The molecule has 0 aliphatic carbocycles. The van der Waals surface area contributed by atoms with Gasteiger partial charge in [0.05, 0.1) is 0 Å². The van der Waals surface area contributed by atoms with Crippen molar-refractivity contribution in [3.63, 3.8) is 0 Å². The zero-order valence-electron chi connectivity index (χ0n) is 8.48. The van der Waals surface area contributed by atoms with Gasteiger partial charge in [-0.05, 0) is 29.3 Å². The van der Waals surface area contributed by atoms with Gasteiger partial charge in [0.1, 0.15) is 5.82 Å². The molecule has 5 heteroatoms. The summed E-state index contributed by atoms with van der Waals surface area (Å²) in [5.74, 6) is -0.287. The fraction of sp³-hybridized carbons (Fsp3) is 0.182. The highest BCUT2D eigenvalue weighted by atomic mass is 35.5. The van der Waals surface area contributed by atoms with Gasteiger partial charge in [0.15, 0.2) is 0 Å². The summed E-state index contributed by atoms with van der Waals surface area (Å²) in [6, 6.07) is 5.94. The van der Waals surface area contributed by atoms with Crippen LogP contribution in [0, 0.1) is 5.82 Å². The number of rotatable bonds is 3. The Morgan fingerprint density at radius 1 is 1.50 bits per heavy atom. The smallest absolute Gasteiger partial charge is 0.202 e. The molecule has 84 valence electrons. The van der Waals surface area contributed by atoms with Crippen LogP contribution in [0.5, 0.6) is 0 Å². The fourth-order valence-corrected chi connectivity index (χ4v) is 1.68. The van der Waals surface area contributed by atoms with E-state index < -0.39 is 0 Å². The first kappa shape index (κ1) is 11.1. The molecule has 1 aromatic heterocycles. The van der Waals surface area contributed by atoms with E-state index in [0.717, 1.165) is 5.56 Å². The molecule has 2 rings (SSSR count). The third kappa shape index (κ3) is 2.40. The van der Waals surface area contributed by atoms with Crippen LogP contribution in [0.25, 0.3) is 0 Å². The number of aromatic nitrogens is 2. The Hall–Kier alpha value is -1.39. The monoisotopic (exact) mass is 239 g/mol. The van der Waals surface area contributed by atoms with E-state index in [-0.39, 0.29) is 11.9 Å². The molecule has 0 fully saturated rings. The van der Waals surface area contributed by atoms with Crippen LogP contribution in [0.4, 0.5) is 4.39 Å². The maximum absolute atomic E-state index is 13.0. The summed E-state index contributed by atoms with van der Waals surface area (Å²) in [7, 11) is 0. The lowest BCUT2D eigenvalue weighted by Crippen LogP contribution is -2.17. The molecule has 2 aromatic rings. The van der Waals surface area contributed by atoms with E-state index in [9.17, 15) is 4.39 Å². The summed E-state index contributed by atoms with van der Waals surface area (Å²) >= 11 is 5.82. The zero-order chi connectivity index (χ0) is 11.5. The van der Waals surface area contributed by atoms with Crippen molar-refractivity contribution < 1.29 is 4.39 Å². The predicted molar refractivity (Wildman–Crippen MR) is 60.6 cm³/mol. The normalized spacial score (nSPS) is 12.7. The minimum Gasteiger partial charge on any atom is -0.322 e. The molecule has 1 heterocycles. The van der Waals surface area contributed by atoms with Crippen LogP contribution in [0.3, 0.4) is 0 Å². The summed E-state index contributed by atoms with van der Waals surface area (Å²) in [6.45, 7) is 0.474. The number of nitrogens with zero attached hydrogens (tertiary/aromatic N) is 2. The number of nitrogens with two attached hydrogens (primary N) is 1. The van der Waals surface area contributed by atoms with Crippen molar-refractivity contribution in [3.8, 4) is 0 Å². The van der Waals surface area contributed by atoms with Gasteiger partial charge in [0.25, 0.3) is 0 Å². The maximum Gasteiger partial charge on any atom is 0.202 e. The number of halogens is 2. The van der Waals surface area contributed by atoms with Gasteiger partial charge in [-0.15, -0.1) is 0 Å². The molecule has 0 saturated carbocycles. The highest BCUT2D eigenvalue weighted by Crippen LogP contribution is 2.16. The van der Waals surface area contributed by atoms with Crippen LogP contribution >= 0.6 is 11.6 Å². The Morgan fingerprint density at radius 3 is 2.94 bits per heavy atom.